The SMILES string of the molecule is CCCN1CCC(c2cccc(N3CCOCC3)c2)CC1.Cl. The van der Waals surface area contributed by atoms with E-state index in [1.165, 1.54) is 50.1 Å². The molecule has 2 aliphatic heterocycles. The number of piperidine rings is 1. The van der Waals surface area contributed by atoms with Gasteiger partial charge >= 0.3 is 0 Å². The molecule has 0 unspecified atom stereocenters. The topological polar surface area (TPSA) is 15.7 Å². The van der Waals surface area contributed by atoms with Crippen LogP contribution in [0.4, 0.5) is 5.69 Å². The predicted octanol–water partition coefficient (Wildman–Crippen LogP) is 3.53. The fraction of sp³-hybridized carbons (Fsp3) is 0.667. The lowest BCUT2D eigenvalue weighted by molar-refractivity contribution is 0.122. The second-order valence-electron chi connectivity index (χ2n) is 6.31. The van der Waals surface area contributed by atoms with Crippen LogP contribution in [0.25, 0.3) is 0 Å². The van der Waals surface area contributed by atoms with Crippen LogP contribution >= 0.6 is 12.4 Å². The Morgan fingerprint density at radius 1 is 1.09 bits per heavy atom. The minimum atomic E-state index is 0. The minimum absolute atomic E-state index is 0. The van der Waals surface area contributed by atoms with Gasteiger partial charge in [0.15, 0.2) is 0 Å². The number of hydrogen-bond donors (Lipinski definition) is 0. The first-order chi connectivity index (χ1) is 10.4. The fourth-order valence-electron chi connectivity index (χ4n) is 3.60. The van der Waals surface area contributed by atoms with Crippen molar-refractivity contribution in [1.82, 2.24) is 4.90 Å². The molecule has 22 heavy (non-hydrogen) atoms. The molecule has 0 aliphatic carbocycles. The number of benzene rings is 1. The number of ether oxygens (including phenoxy) is 1. The van der Waals surface area contributed by atoms with Gasteiger partial charge in [-0.25, -0.2) is 0 Å². The molecule has 0 amide bonds. The third-order valence-corrected chi connectivity index (χ3v) is 4.85. The Hall–Kier alpha value is -0.770. The molecule has 124 valence electrons. The van der Waals surface area contributed by atoms with Gasteiger partial charge in [0.05, 0.1) is 13.2 Å². The third kappa shape index (κ3) is 4.37. The van der Waals surface area contributed by atoms with Gasteiger partial charge in [-0.2, -0.15) is 0 Å². The molecule has 1 aromatic carbocycles. The monoisotopic (exact) mass is 324 g/mol. The smallest absolute Gasteiger partial charge is 0.0642 e. The summed E-state index contributed by atoms with van der Waals surface area (Å²) < 4.78 is 5.46. The Labute approximate surface area is 141 Å². The van der Waals surface area contributed by atoms with Crippen molar-refractivity contribution in [1.29, 1.82) is 0 Å². The first-order valence-corrected chi connectivity index (χ1v) is 8.52. The van der Waals surface area contributed by atoms with Gasteiger partial charge < -0.3 is 14.5 Å². The highest BCUT2D eigenvalue weighted by Gasteiger charge is 2.21. The number of anilines is 1. The molecule has 0 N–H and O–H groups in total. The van der Waals surface area contributed by atoms with E-state index in [0.717, 1.165) is 32.2 Å². The van der Waals surface area contributed by atoms with Gasteiger partial charge in [-0.15, -0.1) is 12.4 Å². The van der Waals surface area contributed by atoms with Crippen LogP contribution in [0.2, 0.25) is 0 Å². The number of rotatable bonds is 4. The van der Waals surface area contributed by atoms with Crippen molar-refractivity contribution in [2.75, 3.05) is 50.8 Å². The Kier molecular flexibility index (Phi) is 7.00. The molecule has 3 nitrogen and oxygen atoms in total. The molecule has 0 bridgehead atoms. The summed E-state index contributed by atoms with van der Waals surface area (Å²) in [6.07, 6.45) is 3.90. The minimum Gasteiger partial charge on any atom is -0.378 e. The van der Waals surface area contributed by atoms with Crippen LogP contribution in [0.15, 0.2) is 24.3 Å². The molecule has 0 spiro atoms. The van der Waals surface area contributed by atoms with Gasteiger partial charge in [-0.05, 0) is 62.5 Å². The van der Waals surface area contributed by atoms with Crippen molar-refractivity contribution >= 4 is 18.1 Å². The Morgan fingerprint density at radius 2 is 1.82 bits per heavy atom. The third-order valence-electron chi connectivity index (χ3n) is 4.85. The lowest BCUT2D eigenvalue weighted by atomic mass is 9.89. The van der Waals surface area contributed by atoms with Crippen molar-refractivity contribution in [3.8, 4) is 0 Å². The Balaban J connectivity index is 0.00000176. The van der Waals surface area contributed by atoms with E-state index in [1.54, 1.807) is 0 Å². The van der Waals surface area contributed by atoms with Crippen LogP contribution in [0.1, 0.15) is 37.7 Å². The first kappa shape index (κ1) is 17.6. The summed E-state index contributed by atoms with van der Waals surface area (Å²) in [6.45, 7) is 9.84. The van der Waals surface area contributed by atoms with Gasteiger partial charge in [-0.1, -0.05) is 19.1 Å². The van der Waals surface area contributed by atoms with E-state index >= 15 is 0 Å². The summed E-state index contributed by atoms with van der Waals surface area (Å²) in [6, 6.07) is 9.23. The lowest BCUT2D eigenvalue weighted by Crippen LogP contribution is -2.36. The van der Waals surface area contributed by atoms with Crippen LogP contribution in [0.3, 0.4) is 0 Å². The zero-order chi connectivity index (χ0) is 14.5. The van der Waals surface area contributed by atoms with Crippen LogP contribution in [0, 0.1) is 0 Å². The zero-order valence-electron chi connectivity index (χ0n) is 13.7. The van der Waals surface area contributed by atoms with E-state index in [1.807, 2.05) is 0 Å². The van der Waals surface area contributed by atoms with Crippen molar-refractivity contribution in [2.24, 2.45) is 0 Å². The van der Waals surface area contributed by atoms with E-state index in [4.69, 9.17) is 4.74 Å². The van der Waals surface area contributed by atoms with Crippen LogP contribution < -0.4 is 4.90 Å². The summed E-state index contributed by atoms with van der Waals surface area (Å²) in [4.78, 5) is 5.07. The maximum atomic E-state index is 5.46. The maximum Gasteiger partial charge on any atom is 0.0642 e. The molecule has 2 heterocycles. The standard InChI is InChI=1S/C18H28N2O.ClH/c1-2-8-19-9-6-16(7-10-19)17-4-3-5-18(15-17)20-11-13-21-14-12-20;/h3-5,15-16H,2,6-14H2,1H3;1H. The second kappa shape index (κ2) is 8.76. The highest BCUT2D eigenvalue weighted by molar-refractivity contribution is 5.85. The second-order valence-corrected chi connectivity index (χ2v) is 6.31. The van der Waals surface area contributed by atoms with Gasteiger partial charge in [0, 0.05) is 18.8 Å². The molecule has 0 radical (unpaired) electrons. The average Bonchev–Trinajstić information content (AvgIpc) is 2.57. The van der Waals surface area contributed by atoms with E-state index in [2.05, 4.69) is 41.0 Å². The molecule has 2 aliphatic rings. The molecule has 2 saturated heterocycles. The highest BCUT2D eigenvalue weighted by atomic mass is 35.5. The van der Waals surface area contributed by atoms with Crippen LogP contribution in [0.5, 0.6) is 0 Å². The summed E-state index contributed by atoms with van der Waals surface area (Å²) in [5.41, 5.74) is 2.92. The van der Waals surface area contributed by atoms with Crippen molar-refractivity contribution < 1.29 is 4.74 Å². The Bertz CT molecular complexity index is 440. The molecule has 0 aromatic heterocycles. The molecule has 3 rings (SSSR count). The van der Waals surface area contributed by atoms with E-state index < -0.39 is 0 Å². The van der Waals surface area contributed by atoms with Crippen molar-refractivity contribution in [3.63, 3.8) is 0 Å². The normalized spacial score (nSPS) is 20.7. The first-order valence-electron chi connectivity index (χ1n) is 8.52. The summed E-state index contributed by atoms with van der Waals surface area (Å²) in [5, 5.41) is 0. The molecular weight excluding hydrogens is 296 g/mol. The fourth-order valence-corrected chi connectivity index (χ4v) is 3.60. The number of hydrogen-bond acceptors (Lipinski definition) is 3. The highest BCUT2D eigenvalue weighted by Crippen LogP contribution is 2.30. The van der Waals surface area contributed by atoms with Gasteiger partial charge in [0.25, 0.3) is 0 Å². The zero-order valence-corrected chi connectivity index (χ0v) is 14.5. The molecular formula is C18H29ClN2O. The summed E-state index contributed by atoms with van der Waals surface area (Å²) in [7, 11) is 0. The van der Waals surface area contributed by atoms with Gasteiger partial charge in [-0.3, -0.25) is 0 Å². The maximum absolute atomic E-state index is 5.46. The van der Waals surface area contributed by atoms with E-state index in [-0.39, 0.29) is 12.4 Å². The van der Waals surface area contributed by atoms with Crippen molar-refractivity contribution in [2.45, 2.75) is 32.1 Å². The van der Waals surface area contributed by atoms with Gasteiger partial charge in [0.1, 0.15) is 0 Å². The van der Waals surface area contributed by atoms with Crippen molar-refractivity contribution in [3.05, 3.63) is 29.8 Å². The quantitative estimate of drug-likeness (QED) is 0.842. The van der Waals surface area contributed by atoms with Gasteiger partial charge in [0.2, 0.25) is 0 Å². The number of nitrogens with zero attached hydrogens (tertiary/aromatic N) is 2. The molecule has 4 heteroatoms. The largest absolute Gasteiger partial charge is 0.378 e. The van der Waals surface area contributed by atoms with E-state index in [0.29, 0.717) is 0 Å². The molecule has 0 saturated carbocycles. The number of morpholine rings is 1. The molecule has 1 aromatic rings. The molecule has 2 fully saturated rings. The van der Waals surface area contributed by atoms with Crippen LogP contribution in [-0.2, 0) is 4.74 Å². The van der Waals surface area contributed by atoms with Crippen LogP contribution in [-0.4, -0.2) is 50.8 Å². The summed E-state index contributed by atoms with van der Waals surface area (Å²) >= 11 is 0. The lowest BCUT2D eigenvalue weighted by Gasteiger charge is -2.33. The van der Waals surface area contributed by atoms with E-state index in [9.17, 15) is 0 Å². The Morgan fingerprint density at radius 3 is 2.50 bits per heavy atom. The predicted molar refractivity (Wildman–Crippen MR) is 95.4 cm³/mol. The summed E-state index contributed by atoms with van der Waals surface area (Å²) in [5.74, 6) is 0.749. The number of halogens is 1. The molecule has 0 atom stereocenters. The average molecular weight is 325 g/mol. The number of likely N-dealkylation sites (tertiary alicyclic amines) is 1.